The van der Waals surface area contributed by atoms with Crippen molar-refractivity contribution in [3.8, 4) is 0 Å². The molecule has 1 heterocycles. The zero-order valence-electron chi connectivity index (χ0n) is 10.5. The van der Waals surface area contributed by atoms with Gasteiger partial charge in [0, 0.05) is 5.02 Å². The average molecular weight is 269 g/mol. The lowest BCUT2D eigenvalue weighted by Gasteiger charge is -1.98. The Kier molecular flexibility index (Phi) is 3.10. The summed E-state index contributed by atoms with van der Waals surface area (Å²) in [6, 6.07) is 15.8. The summed E-state index contributed by atoms with van der Waals surface area (Å²) in [6.07, 6.45) is 2.09. The van der Waals surface area contributed by atoms with Crippen LogP contribution in [0.25, 0.3) is 22.7 Å². The van der Waals surface area contributed by atoms with Gasteiger partial charge in [-0.2, -0.15) is 0 Å². The van der Waals surface area contributed by atoms with Crippen molar-refractivity contribution in [2.75, 3.05) is 0 Å². The molecule has 0 aliphatic heterocycles. The molecule has 0 bridgehead atoms. The van der Waals surface area contributed by atoms with Crippen molar-refractivity contribution in [1.29, 1.82) is 0 Å². The van der Waals surface area contributed by atoms with E-state index >= 15 is 0 Å². The summed E-state index contributed by atoms with van der Waals surface area (Å²) in [5.74, 6) is 0.899. The molecule has 0 unspecified atom stereocenters. The minimum Gasteiger partial charge on any atom is -0.338 e. The number of halogens is 1. The first-order valence-corrected chi connectivity index (χ1v) is 6.49. The van der Waals surface area contributed by atoms with Crippen molar-refractivity contribution in [3.63, 3.8) is 0 Å². The lowest BCUT2D eigenvalue weighted by molar-refractivity contribution is 1.26. The Hall–Kier alpha value is -2.06. The zero-order chi connectivity index (χ0) is 13.2. The largest absolute Gasteiger partial charge is 0.338 e. The maximum absolute atomic E-state index is 5.88. The van der Waals surface area contributed by atoms with Crippen LogP contribution in [0.15, 0.2) is 48.5 Å². The molecule has 3 heteroatoms. The Morgan fingerprint density at radius 2 is 1.84 bits per heavy atom. The van der Waals surface area contributed by atoms with Gasteiger partial charge in [-0.1, -0.05) is 35.9 Å². The molecular formula is C16H13ClN2. The Bertz CT molecular complexity index is 706. The van der Waals surface area contributed by atoms with Gasteiger partial charge in [0.25, 0.3) is 0 Å². The number of para-hydroxylation sites is 2. The van der Waals surface area contributed by atoms with Crippen LogP contribution in [0, 0.1) is 0 Å². The molecule has 0 aliphatic rings. The minimum absolute atomic E-state index is 0.749. The standard InChI is InChI=1S/C16H13ClN2/c1-11(10-12-6-8-13(17)9-7-12)16-18-14-4-2-3-5-15(14)19-16/h2-10H,1H3,(H,18,19)/b11-10-. The molecule has 3 rings (SSSR count). The van der Waals surface area contributed by atoms with Crippen LogP contribution in [0.3, 0.4) is 0 Å². The number of hydrogen-bond donors (Lipinski definition) is 1. The summed E-state index contributed by atoms with van der Waals surface area (Å²) in [5.41, 5.74) is 4.25. The number of nitrogens with zero attached hydrogens (tertiary/aromatic N) is 1. The number of fused-ring (bicyclic) bond motifs is 1. The first-order chi connectivity index (χ1) is 9.22. The monoisotopic (exact) mass is 268 g/mol. The van der Waals surface area contributed by atoms with Crippen molar-refractivity contribution in [1.82, 2.24) is 9.97 Å². The van der Waals surface area contributed by atoms with Gasteiger partial charge < -0.3 is 4.98 Å². The highest BCUT2D eigenvalue weighted by molar-refractivity contribution is 6.30. The van der Waals surface area contributed by atoms with Gasteiger partial charge in [-0.15, -0.1) is 0 Å². The van der Waals surface area contributed by atoms with Gasteiger partial charge in [0.2, 0.25) is 0 Å². The molecule has 94 valence electrons. The van der Waals surface area contributed by atoms with E-state index in [1.807, 2.05) is 55.5 Å². The number of aromatic nitrogens is 2. The van der Waals surface area contributed by atoms with E-state index in [1.54, 1.807) is 0 Å². The van der Waals surface area contributed by atoms with Crippen LogP contribution in [-0.4, -0.2) is 9.97 Å². The molecule has 0 saturated carbocycles. The molecule has 0 atom stereocenters. The van der Waals surface area contributed by atoms with Crippen LogP contribution in [0.1, 0.15) is 18.3 Å². The molecule has 3 aromatic rings. The van der Waals surface area contributed by atoms with Crippen LogP contribution < -0.4 is 0 Å². The fraction of sp³-hybridized carbons (Fsp3) is 0.0625. The third-order valence-electron chi connectivity index (χ3n) is 3.02. The number of hydrogen-bond acceptors (Lipinski definition) is 1. The molecule has 2 aromatic carbocycles. The molecule has 0 aliphatic carbocycles. The lowest BCUT2D eigenvalue weighted by atomic mass is 10.1. The number of aromatic amines is 1. The van der Waals surface area contributed by atoms with E-state index in [4.69, 9.17) is 11.6 Å². The third-order valence-corrected chi connectivity index (χ3v) is 3.27. The molecule has 0 spiro atoms. The van der Waals surface area contributed by atoms with E-state index in [9.17, 15) is 0 Å². The van der Waals surface area contributed by atoms with Gasteiger partial charge in [0.15, 0.2) is 0 Å². The summed E-state index contributed by atoms with van der Waals surface area (Å²) >= 11 is 5.88. The highest BCUT2D eigenvalue weighted by Gasteiger charge is 2.03. The minimum atomic E-state index is 0.749. The third kappa shape index (κ3) is 2.54. The zero-order valence-corrected chi connectivity index (χ0v) is 11.3. The molecule has 0 saturated heterocycles. The molecule has 2 nitrogen and oxygen atoms in total. The maximum Gasteiger partial charge on any atom is 0.134 e. The van der Waals surface area contributed by atoms with E-state index in [2.05, 4.69) is 16.0 Å². The van der Waals surface area contributed by atoms with Crippen molar-refractivity contribution >= 4 is 34.3 Å². The number of H-pyrrole nitrogens is 1. The van der Waals surface area contributed by atoms with E-state index < -0.39 is 0 Å². The van der Waals surface area contributed by atoms with Crippen LogP contribution in [0.2, 0.25) is 5.02 Å². The highest BCUT2D eigenvalue weighted by Crippen LogP contribution is 2.19. The van der Waals surface area contributed by atoms with E-state index in [1.165, 1.54) is 0 Å². The van der Waals surface area contributed by atoms with E-state index in [-0.39, 0.29) is 0 Å². The van der Waals surface area contributed by atoms with Crippen LogP contribution in [0.4, 0.5) is 0 Å². The smallest absolute Gasteiger partial charge is 0.134 e. The number of allylic oxidation sites excluding steroid dienone is 1. The van der Waals surface area contributed by atoms with Gasteiger partial charge >= 0.3 is 0 Å². The van der Waals surface area contributed by atoms with Gasteiger partial charge in [0.1, 0.15) is 5.82 Å². The Morgan fingerprint density at radius 1 is 1.11 bits per heavy atom. The fourth-order valence-corrected chi connectivity index (χ4v) is 2.14. The molecule has 1 aromatic heterocycles. The Balaban J connectivity index is 1.98. The number of benzene rings is 2. The van der Waals surface area contributed by atoms with Crippen LogP contribution in [0.5, 0.6) is 0 Å². The molecular weight excluding hydrogens is 256 g/mol. The molecule has 0 fully saturated rings. The predicted molar refractivity (Wildman–Crippen MR) is 81.1 cm³/mol. The number of imidazole rings is 1. The SMILES string of the molecule is C/C(=C/c1ccc(Cl)cc1)c1nc2ccccc2[nH]1. The van der Waals surface area contributed by atoms with E-state index in [0.717, 1.165) is 33.0 Å². The van der Waals surface area contributed by atoms with Crippen molar-refractivity contribution in [3.05, 3.63) is 64.9 Å². The van der Waals surface area contributed by atoms with E-state index in [0.29, 0.717) is 0 Å². The van der Waals surface area contributed by atoms with Crippen LogP contribution >= 0.6 is 11.6 Å². The van der Waals surface area contributed by atoms with Crippen LogP contribution in [-0.2, 0) is 0 Å². The summed E-state index contributed by atoms with van der Waals surface area (Å²) in [4.78, 5) is 7.90. The molecule has 0 amide bonds. The molecule has 19 heavy (non-hydrogen) atoms. The summed E-state index contributed by atoms with van der Waals surface area (Å²) in [6.45, 7) is 2.05. The quantitative estimate of drug-likeness (QED) is 0.712. The van der Waals surface area contributed by atoms with Crippen molar-refractivity contribution in [2.24, 2.45) is 0 Å². The highest BCUT2D eigenvalue weighted by atomic mass is 35.5. The summed E-state index contributed by atoms with van der Waals surface area (Å²) in [7, 11) is 0. The summed E-state index contributed by atoms with van der Waals surface area (Å²) in [5, 5.41) is 0.749. The second-order valence-electron chi connectivity index (χ2n) is 4.48. The molecule has 1 N–H and O–H groups in total. The van der Waals surface area contributed by atoms with Crippen molar-refractivity contribution in [2.45, 2.75) is 6.92 Å². The second-order valence-corrected chi connectivity index (χ2v) is 4.92. The van der Waals surface area contributed by atoms with Crippen molar-refractivity contribution < 1.29 is 0 Å². The van der Waals surface area contributed by atoms with Gasteiger partial charge in [-0.3, -0.25) is 0 Å². The number of rotatable bonds is 2. The van der Waals surface area contributed by atoms with Gasteiger partial charge in [0.05, 0.1) is 11.0 Å². The lowest BCUT2D eigenvalue weighted by Crippen LogP contribution is -1.82. The first-order valence-electron chi connectivity index (χ1n) is 6.11. The van der Waals surface area contributed by atoms with Gasteiger partial charge in [-0.25, -0.2) is 4.98 Å². The average Bonchev–Trinajstić information content (AvgIpc) is 2.85. The normalized spacial score (nSPS) is 12.0. The van der Waals surface area contributed by atoms with Gasteiger partial charge in [-0.05, 0) is 48.4 Å². The molecule has 0 radical (unpaired) electrons. The number of nitrogens with one attached hydrogen (secondary N) is 1. The fourth-order valence-electron chi connectivity index (χ4n) is 2.02. The first kappa shape index (κ1) is 12.0. The topological polar surface area (TPSA) is 28.7 Å². The second kappa shape index (κ2) is 4.90. The maximum atomic E-state index is 5.88. The Labute approximate surface area is 116 Å². The summed E-state index contributed by atoms with van der Waals surface area (Å²) < 4.78 is 0. The predicted octanol–water partition coefficient (Wildman–Crippen LogP) is 4.78. The Morgan fingerprint density at radius 3 is 2.58 bits per heavy atom.